The summed E-state index contributed by atoms with van der Waals surface area (Å²) in [6.07, 6.45) is -1.02. The molecule has 8 heteroatoms. The number of carbonyl (C=O) groups is 2. The molecule has 0 unspecified atom stereocenters. The van der Waals surface area contributed by atoms with Gasteiger partial charge in [-0.2, -0.15) is 0 Å². The summed E-state index contributed by atoms with van der Waals surface area (Å²) in [7, 11) is 1.84. The molecule has 146 valence electrons. The first-order valence-corrected chi connectivity index (χ1v) is 8.51. The molecule has 26 heavy (non-hydrogen) atoms. The second kappa shape index (κ2) is 8.73. The third kappa shape index (κ3) is 9.10. The van der Waals surface area contributed by atoms with Gasteiger partial charge in [0, 0.05) is 20.1 Å². The number of pyridine rings is 1. The molecule has 8 nitrogen and oxygen atoms in total. The van der Waals surface area contributed by atoms with Crippen LogP contribution in [0.3, 0.4) is 0 Å². The Morgan fingerprint density at radius 3 is 2.19 bits per heavy atom. The van der Waals surface area contributed by atoms with Crippen LogP contribution in [0.25, 0.3) is 0 Å². The van der Waals surface area contributed by atoms with Crippen molar-refractivity contribution in [3.05, 3.63) is 18.2 Å². The van der Waals surface area contributed by atoms with E-state index in [0.717, 1.165) is 0 Å². The van der Waals surface area contributed by atoms with Gasteiger partial charge in [-0.05, 0) is 53.7 Å². The number of likely N-dealkylation sites (N-methyl/N-ethyl adjacent to an activating group) is 1. The van der Waals surface area contributed by atoms with E-state index in [2.05, 4.69) is 15.6 Å². The predicted molar refractivity (Wildman–Crippen MR) is 102 cm³/mol. The minimum absolute atomic E-state index is 0.392. The van der Waals surface area contributed by atoms with Crippen LogP contribution in [0.2, 0.25) is 0 Å². The monoisotopic (exact) mass is 366 g/mol. The number of rotatable bonds is 5. The predicted octanol–water partition coefficient (Wildman–Crippen LogP) is 3.39. The van der Waals surface area contributed by atoms with E-state index >= 15 is 0 Å². The Balaban J connectivity index is 2.53. The van der Waals surface area contributed by atoms with E-state index in [1.807, 2.05) is 38.8 Å². The summed E-state index contributed by atoms with van der Waals surface area (Å²) >= 11 is 0. The Hall–Kier alpha value is -2.51. The van der Waals surface area contributed by atoms with Gasteiger partial charge < -0.3 is 19.7 Å². The standard InChI is InChI=1S/C18H30N4O4/c1-17(2,3)25-15(23)19-11-12-22(7)14-10-8-9-13(20-14)21-16(24)26-18(4,5)6/h8-10H,11-12H2,1-7H3,(H,19,23)(H,20,21,24). The van der Waals surface area contributed by atoms with Crippen molar-refractivity contribution < 1.29 is 19.1 Å². The molecule has 0 spiro atoms. The van der Waals surface area contributed by atoms with Gasteiger partial charge in [-0.25, -0.2) is 14.6 Å². The average molecular weight is 366 g/mol. The lowest BCUT2D eigenvalue weighted by Gasteiger charge is -2.22. The number of alkyl carbamates (subject to hydrolysis) is 1. The number of aromatic nitrogens is 1. The molecule has 0 bridgehead atoms. The van der Waals surface area contributed by atoms with Crippen LogP contribution in [0.4, 0.5) is 21.2 Å². The smallest absolute Gasteiger partial charge is 0.413 e. The zero-order valence-corrected chi connectivity index (χ0v) is 16.7. The average Bonchev–Trinajstić information content (AvgIpc) is 2.43. The van der Waals surface area contributed by atoms with Gasteiger partial charge in [0.05, 0.1) is 0 Å². The molecule has 0 aliphatic rings. The van der Waals surface area contributed by atoms with E-state index in [0.29, 0.717) is 24.7 Å². The molecule has 1 aromatic heterocycles. The molecule has 0 aliphatic heterocycles. The lowest BCUT2D eigenvalue weighted by Crippen LogP contribution is -2.37. The van der Waals surface area contributed by atoms with Crippen LogP contribution in [-0.2, 0) is 9.47 Å². The van der Waals surface area contributed by atoms with E-state index in [-0.39, 0.29) is 0 Å². The maximum atomic E-state index is 11.8. The van der Waals surface area contributed by atoms with Crippen LogP contribution < -0.4 is 15.5 Å². The highest BCUT2D eigenvalue weighted by Crippen LogP contribution is 2.14. The SMILES string of the molecule is CN(CCNC(=O)OC(C)(C)C)c1cccc(NC(=O)OC(C)(C)C)n1. The van der Waals surface area contributed by atoms with Crippen molar-refractivity contribution >= 4 is 23.8 Å². The summed E-state index contributed by atoms with van der Waals surface area (Å²) in [5, 5.41) is 5.30. The van der Waals surface area contributed by atoms with Crippen molar-refractivity contribution in [2.24, 2.45) is 0 Å². The lowest BCUT2D eigenvalue weighted by molar-refractivity contribution is 0.0528. The molecule has 2 N–H and O–H groups in total. The van der Waals surface area contributed by atoms with Gasteiger partial charge in [0.2, 0.25) is 0 Å². The highest BCUT2D eigenvalue weighted by molar-refractivity contribution is 5.83. The normalized spacial score (nSPS) is 11.5. The van der Waals surface area contributed by atoms with E-state index in [1.165, 1.54) is 0 Å². The first-order valence-electron chi connectivity index (χ1n) is 8.51. The van der Waals surface area contributed by atoms with Gasteiger partial charge >= 0.3 is 12.2 Å². The number of hydrogen-bond acceptors (Lipinski definition) is 6. The van der Waals surface area contributed by atoms with Gasteiger partial charge in [0.15, 0.2) is 0 Å². The molecule has 1 heterocycles. The van der Waals surface area contributed by atoms with Crippen molar-refractivity contribution in [1.29, 1.82) is 0 Å². The summed E-state index contributed by atoms with van der Waals surface area (Å²) in [5.41, 5.74) is -1.11. The highest BCUT2D eigenvalue weighted by Gasteiger charge is 2.17. The van der Waals surface area contributed by atoms with Crippen molar-refractivity contribution in [2.75, 3.05) is 30.4 Å². The van der Waals surface area contributed by atoms with Crippen LogP contribution in [0.15, 0.2) is 18.2 Å². The van der Waals surface area contributed by atoms with Gasteiger partial charge in [0.1, 0.15) is 22.8 Å². The minimum atomic E-state index is -0.578. The third-order valence-electron chi connectivity index (χ3n) is 2.87. The quantitative estimate of drug-likeness (QED) is 0.830. The van der Waals surface area contributed by atoms with Crippen molar-refractivity contribution in [3.8, 4) is 0 Å². The zero-order chi connectivity index (χ0) is 20.0. The number of amides is 2. The van der Waals surface area contributed by atoms with E-state index in [9.17, 15) is 9.59 Å². The van der Waals surface area contributed by atoms with Crippen molar-refractivity contribution in [3.63, 3.8) is 0 Å². The van der Waals surface area contributed by atoms with Crippen LogP contribution >= 0.6 is 0 Å². The van der Waals surface area contributed by atoms with E-state index < -0.39 is 23.4 Å². The maximum Gasteiger partial charge on any atom is 0.413 e. The molecule has 0 aromatic carbocycles. The van der Waals surface area contributed by atoms with Crippen LogP contribution in [0.1, 0.15) is 41.5 Å². The number of carbonyl (C=O) groups excluding carboxylic acids is 2. The van der Waals surface area contributed by atoms with Gasteiger partial charge in [0.25, 0.3) is 0 Å². The summed E-state index contributed by atoms with van der Waals surface area (Å²) in [5.74, 6) is 1.05. The Labute approximate surface area is 155 Å². The van der Waals surface area contributed by atoms with Gasteiger partial charge in [-0.15, -0.1) is 0 Å². The Morgan fingerprint density at radius 2 is 1.62 bits per heavy atom. The molecule has 0 fully saturated rings. The molecule has 0 atom stereocenters. The van der Waals surface area contributed by atoms with Crippen molar-refractivity contribution in [1.82, 2.24) is 10.3 Å². The fourth-order valence-electron chi connectivity index (χ4n) is 1.87. The van der Waals surface area contributed by atoms with Crippen molar-refractivity contribution in [2.45, 2.75) is 52.7 Å². The molecule has 0 saturated heterocycles. The fraction of sp³-hybridized carbons (Fsp3) is 0.611. The summed E-state index contributed by atoms with van der Waals surface area (Å²) in [6, 6.07) is 5.28. The number of nitrogens with zero attached hydrogens (tertiary/aromatic N) is 2. The molecule has 1 aromatic rings. The third-order valence-corrected chi connectivity index (χ3v) is 2.87. The fourth-order valence-corrected chi connectivity index (χ4v) is 1.87. The molecular formula is C18H30N4O4. The minimum Gasteiger partial charge on any atom is -0.444 e. The zero-order valence-electron chi connectivity index (χ0n) is 16.7. The Bertz CT molecular complexity index is 620. The number of anilines is 2. The molecular weight excluding hydrogens is 336 g/mol. The number of nitrogens with one attached hydrogen (secondary N) is 2. The first kappa shape index (κ1) is 21.5. The number of hydrogen-bond donors (Lipinski definition) is 2. The Morgan fingerprint density at radius 1 is 1.04 bits per heavy atom. The molecule has 0 radical (unpaired) electrons. The molecule has 1 rings (SSSR count). The van der Waals surface area contributed by atoms with Crippen LogP contribution in [0, 0.1) is 0 Å². The first-order chi connectivity index (χ1) is 11.9. The maximum absolute atomic E-state index is 11.8. The van der Waals surface area contributed by atoms with Crippen LogP contribution in [0.5, 0.6) is 0 Å². The number of ether oxygens (including phenoxy) is 2. The van der Waals surface area contributed by atoms with Crippen LogP contribution in [-0.4, -0.2) is 48.5 Å². The molecule has 0 saturated carbocycles. The van der Waals surface area contributed by atoms with Gasteiger partial charge in [-0.1, -0.05) is 6.07 Å². The lowest BCUT2D eigenvalue weighted by atomic mass is 10.2. The molecule has 0 aliphatic carbocycles. The largest absolute Gasteiger partial charge is 0.444 e. The summed E-state index contributed by atoms with van der Waals surface area (Å²) in [4.78, 5) is 29.7. The van der Waals surface area contributed by atoms with E-state index in [4.69, 9.17) is 9.47 Å². The van der Waals surface area contributed by atoms with E-state index in [1.54, 1.807) is 32.9 Å². The highest BCUT2D eigenvalue weighted by atomic mass is 16.6. The topological polar surface area (TPSA) is 92.8 Å². The van der Waals surface area contributed by atoms with Gasteiger partial charge in [-0.3, -0.25) is 5.32 Å². The summed E-state index contributed by atoms with van der Waals surface area (Å²) < 4.78 is 10.4. The second-order valence-electron chi connectivity index (χ2n) is 7.86. The Kier molecular flexibility index (Phi) is 7.23. The second-order valence-corrected chi connectivity index (χ2v) is 7.86. The molecule has 2 amide bonds. The summed E-state index contributed by atoms with van der Waals surface area (Å²) in [6.45, 7) is 11.7.